The van der Waals surface area contributed by atoms with E-state index in [4.69, 9.17) is 14.2 Å². The van der Waals surface area contributed by atoms with Crippen LogP contribution in [0.5, 0.6) is 0 Å². The molecule has 1 unspecified atom stereocenters. The van der Waals surface area contributed by atoms with Gasteiger partial charge in [-0.25, -0.2) is 0 Å². The highest BCUT2D eigenvalue weighted by Gasteiger charge is 2.19. The maximum atomic E-state index is 12.9. The highest BCUT2D eigenvalue weighted by Crippen LogP contribution is 2.18. The summed E-state index contributed by atoms with van der Waals surface area (Å²) in [7, 11) is 0. The SMILES string of the molecule is CC/C=C\C/C=C\C/C=C\C/C=C\C/C=C\C/C=C\C/C=C\CCCCCCCCCCCCCC(=O)OCC(COC(=O)CCCCCCCCCCCCCC)OC(=O)CCCCCCCCCCCCCCCCCCCCC. The summed E-state index contributed by atoms with van der Waals surface area (Å²) in [5.74, 6) is -0.852. The number of esters is 3. The first-order chi connectivity index (χ1) is 40.5. The van der Waals surface area contributed by atoms with Crippen molar-refractivity contribution < 1.29 is 28.6 Å². The van der Waals surface area contributed by atoms with Crippen molar-refractivity contribution in [3.63, 3.8) is 0 Å². The quantitative estimate of drug-likeness (QED) is 0.0261. The summed E-state index contributed by atoms with van der Waals surface area (Å²) in [5, 5.41) is 0. The zero-order valence-electron chi connectivity index (χ0n) is 54.5. The summed E-state index contributed by atoms with van der Waals surface area (Å²) < 4.78 is 17.0. The van der Waals surface area contributed by atoms with E-state index >= 15 is 0 Å². The second-order valence-electron chi connectivity index (χ2n) is 23.8. The molecule has 0 aliphatic carbocycles. The molecular formula is C76H134O6. The van der Waals surface area contributed by atoms with E-state index < -0.39 is 6.10 Å². The number of allylic oxidation sites excluding steroid dienone is 14. The van der Waals surface area contributed by atoms with E-state index in [0.29, 0.717) is 19.3 Å². The van der Waals surface area contributed by atoms with Crippen LogP contribution < -0.4 is 0 Å². The van der Waals surface area contributed by atoms with Crippen molar-refractivity contribution in [2.75, 3.05) is 13.2 Å². The van der Waals surface area contributed by atoms with Crippen molar-refractivity contribution >= 4 is 17.9 Å². The van der Waals surface area contributed by atoms with E-state index in [-0.39, 0.29) is 31.1 Å². The minimum Gasteiger partial charge on any atom is -0.462 e. The van der Waals surface area contributed by atoms with Crippen molar-refractivity contribution in [2.45, 2.75) is 367 Å². The van der Waals surface area contributed by atoms with Crippen molar-refractivity contribution in [3.8, 4) is 0 Å². The second-order valence-corrected chi connectivity index (χ2v) is 23.8. The van der Waals surface area contributed by atoms with E-state index in [1.165, 1.54) is 218 Å². The Morgan fingerprint density at radius 3 is 0.744 bits per heavy atom. The lowest BCUT2D eigenvalue weighted by atomic mass is 10.0. The van der Waals surface area contributed by atoms with Crippen molar-refractivity contribution in [1.29, 1.82) is 0 Å². The largest absolute Gasteiger partial charge is 0.462 e. The third-order valence-electron chi connectivity index (χ3n) is 15.7. The lowest BCUT2D eigenvalue weighted by molar-refractivity contribution is -0.167. The Morgan fingerprint density at radius 1 is 0.256 bits per heavy atom. The van der Waals surface area contributed by atoms with Gasteiger partial charge in [-0.15, -0.1) is 0 Å². The number of rotatable bonds is 65. The van der Waals surface area contributed by atoms with Gasteiger partial charge in [0.25, 0.3) is 0 Å². The molecule has 0 saturated heterocycles. The van der Waals surface area contributed by atoms with Crippen LogP contribution in [0.15, 0.2) is 85.1 Å². The summed E-state index contributed by atoms with van der Waals surface area (Å²) >= 11 is 0. The van der Waals surface area contributed by atoms with Gasteiger partial charge in [-0.2, -0.15) is 0 Å². The summed E-state index contributed by atoms with van der Waals surface area (Å²) in [6, 6.07) is 0. The first-order valence-electron chi connectivity index (χ1n) is 35.6. The Labute approximate surface area is 509 Å². The molecule has 6 heteroatoms. The number of unbranched alkanes of at least 4 members (excludes halogenated alkanes) is 40. The van der Waals surface area contributed by atoms with E-state index in [9.17, 15) is 14.4 Å². The van der Waals surface area contributed by atoms with E-state index in [1.54, 1.807) is 0 Å². The molecule has 0 heterocycles. The van der Waals surface area contributed by atoms with Crippen LogP contribution in [0, 0.1) is 0 Å². The standard InChI is InChI=1S/C76H134O6/c1-4-7-10-13-16-19-22-25-27-29-31-32-33-34-35-36-37-38-39-40-41-42-43-44-46-47-49-51-54-57-60-63-66-69-75(78)81-72-73(71-80-74(77)68-65-62-59-56-53-24-21-18-15-12-9-6-3)82-76(79)70-67-64-61-58-55-52-50-48-45-30-28-26-23-20-17-14-11-8-5-2/h7,10,16,19,25,27,31-32,34-35,37-38,40-41,73H,4-6,8-9,11-15,17-18,20-24,26,28-30,33,36,39,42-72H2,1-3H3/b10-7-,19-16-,27-25-,32-31-,35-34-,38-37-,41-40-. The van der Waals surface area contributed by atoms with Gasteiger partial charge in [-0.3, -0.25) is 14.4 Å². The number of hydrogen-bond donors (Lipinski definition) is 0. The number of carbonyl (C=O) groups excluding carboxylic acids is 3. The van der Waals surface area contributed by atoms with Crippen LogP contribution in [0.1, 0.15) is 361 Å². The molecule has 0 aliphatic heterocycles. The molecule has 0 amide bonds. The smallest absolute Gasteiger partial charge is 0.306 e. The zero-order valence-corrected chi connectivity index (χ0v) is 54.5. The minimum absolute atomic E-state index is 0.0705. The summed E-state index contributed by atoms with van der Waals surface area (Å²) in [6.45, 7) is 6.58. The maximum Gasteiger partial charge on any atom is 0.306 e. The average molecular weight is 1140 g/mol. The molecule has 82 heavy (non-hydrogen) atoms. The van der Waals surface area contributed by atoms with E-state index in [0.717, 1.165) is 103 Å². The van der Waals surface area contributed by atoms with Gasteiger partial charge in [0.15, 0.2) is 6.10 Å². The fourth-order valence-electron chi connectivity index (χ4n) is 10.4. The number of hydrogen-bond acceptors (Lipinski definition) is 6. The van der Waals surface area contributed by atoms with Gasteiger partial charge in [-0.05, 0) is 77.0 Å². The monoisotopic (exact) mass is 1140 g/mol. The molecule has 0 fully saturated rings. The molecular weight excluding hydrogens is 1010 g/mol. The number of ether oxygens (including phenoxy) is 3. The van der Waals surface area contributed by atoms with E-state index in [1.807, 2.05) is 0 Å². The van der Waals surface area contributed by atoms with Crippen LogP contribution in [-0.2, 0) is 28.6 Å². The maximum absolute atomic E-state index is 12.9. The Bertz CT molecular complexity index is 1550. The Morgan fingerprint density at radius 2 is 0.476 bits per heavy atom. The highest BCUT2D eigenvalue weighted by atomic mass is 16.6. The fraction of sp³-hybridized carbons (Fsp3) is 0.776. The second kappa shape index (κ2) is 70.1. The van der Waals surface area contributed by atoms with Crippen LogP contribution in [0.2, 0.25) is 0 Å². The van der Waals surface area contributed by atoms with Gasteiger partial charge in [-0.1, -0.05) is 350 Å². The molecule has 0 aromatic carbocycles. The molecule has 0 rings (SSSR count). The van der Waals surface area contributed by atoms with Crippen molar-refractivity contribution in [3.05, 3.63) is 85.1 Å². The molecule has 0 bridgehead atoms. The fourth-order valence-corrected chi connectivity index (χ4v) is 10.4. The zero-order chi connectivity index (χ0) is 59.2. The molecule has 0 spiro atoms. The van der Waals surface area contributed by atoms with Gasteiger partial charge in [0.2, 0.25) is 0 Å². The molecule has 0 N–H and O–H groups in total. The molecule has 474 valence electrons. The van der Waals surface area contributed by atoms with Gasteiger partial charge >= 0.3 is 17.9 Å². The molecule has 0 aromatic heterocycles. The summed E-state index contributed by atoms with van der Waals surface area (Å²) in [4.78, 5) is 38.4. The first kappa shape index (κ1) is 78.6. The first-order valence-corrected chi connectivity index (χ1v) is 35.6. The van der Waals surface area contributed by atoms with Crippen LogP contribution in [0.4, 0.5) is 0 Å². The van der Waals surface area contributed by atoms with Gasteiger partial charge in [0, 0.05) is 19.3 Å². The Hall–Kier alpha value is -3.41. The lowest BCUT2D eigenvalue weighted by Crippen LogP contribution is -2.30. The number of carbonyl (C=O) groups is 3. The molecule has 0 radical (unpaired) electrons. The topological polar surface area (TPSA) is 78.9 Å². The predicted molar refractivity (Wildman–Crippen MR) is 358 cm³/mol. The minimum atomic E-state index is -0.774. The molecule has 1 atom stereocenters. The molecule has 0 aromatic rings. The van der Waals surface area contributed by atoms with Gasteiger partial charge in [0.1, 0.15) is 13.2 Å². The highest BCUT2D eigenvalue weighted by molar-refractivity contribution is 5.71. The van der Waals surface area contributed by atoms with E-state index in [2.05, 4.69) is 106 Å². The molecule has 6 nitrogen and oxygen atoms in total. The summed E-state index contributed by atoms with van der Waals surface area (Å²) in [5.41, 5.74) is 0. The van der Waals surface area contributed by atoms with Crippen LogP contribution in [0.3, 0.4) is 0 Å². The van der Waals surface area contributed by atoms with Crippen molar-refractivity contribution in [1.82, 2.24) is 0 Å². The molecule has 0 saturated carbocycles. The summed E-state index contributed by atoms with van der Waals surface area (Å²) in [6.07, 6.45) is 93.2. The van der Waals surface area contributed by atoms with Crippen LogP contribution in [-0.4, -0.2) is 37.2 Å². The normalized spacial score (nSPS) is 12.6. The van der Waals surface area contributed by atoms with Crippen LogP contribution in [0.25, 0.3) is 0 Å². The van der Waals surface area contributed by atoms with Crippen molar-refractivity contribution in [2.24, 2.45) is 0 Å². The molecule has 0 aliphatic rings. The average Bonchev–Trinajstić information content (AvgIpc) is 3.47. The predicted octanol–water partition coefficient (Wildman–Crippen LogP) is 24.6. The third-order valence-corrected chi connectivity index (χ3v) is 15.7. The van der Waals surface area contributed by atoms with Gasteiger partial charge < -0.3 is 14.2 Å². The third kappa shape index (κ3) is 67.4. The Kier molecular flexibility index (Phi) is 67.2. The van der Waals surface area contributed by atoms with Gasteiger partial charge in [0.05, 0.1) is 0 Å². The Balaban J connectivity index is 4.20. The van der Waals surface area contributed by atoms with Crippen LogP contribution >= 0.6 is 0 Å². The lowest BCUT2D eigenvalue weighted by Gasteiger charge is -2.18.